The fraction of sp³-hybridized carbons (Fsp3) is 0.133. The van der Waals surface area contributed by atoms with Crippen LogP contribution in [0, 0.1) is 6.92 Å². The molecule has 2 aromatic carbocycles. The van der Waals surface area contributed by atoms with Gasteiger partial charge in [0, 0.05) is 17.1 Å². The van der Waals surface area contributed by atoms with Crippen LogP contribution in [0.25, 0.3) is 0 Å². The molecule has 0 saturated heterocycles. The lowest BCUT2D eigenvalue weighted by Crippen LogP contribution is -2.11. The average Bonchev–Trinajstić information content (AvgIpc) is 2.39. The molecule has 2 nitrogen and oxygen atoms in total. The van der Waals surface area contributed by atoms with Crippen molar-refractivity contribution < 1.29 is 4.79 Å². The average molecular weight is 260 g/mol. The van der Waals surface area contributed by atoms with Crippen molar-refractivity contribution in [3.8, 4) is 0 Å². The highest BCUT2D eigenvalue weighted by Crippen LogP contribution is 2.13. The van der Waals surface area contributed by atoms with Crippen LogP contribution < -0.4 is 5.32 Å². The Morgan fingerprint density at radius 3 is 2.50 bits per heavy atom. The topological polar surface area (TPSA) is 29.1 Å². The van der Waals surface area contributed by atoms with E-state index in [2.05, 4.69) is 5.32 Å². The molecule has 0 heterocycles. The van der Waals surface area contributed by atoms with Crippen LogP contribution in [0.15, 0.2) is 48.5 Å². The molecule has 0 aliphatic heterocycles. The number of carbonyl (C=O) groups excluding carboxylic acids is 1. The lowest BCUT2D eigenvalue weighted by atomic mass is 10.1. The first kappa shape index (κ1) is 12.7. The maximum absolute atomic E-state index is 12.0. The van der Waals surface area contributed by atoms with Crippen LogP contribution in [-0.2, 0) is 5.88 Å². The number of anilines is 1. The van der Waals surface area contributed by atoms with Crippen molar-refractivity contribution in [3.63, 3.8) is 0 Å². The lowest BCUT2D eigenvalue weighted by molar-refractivity contribution is 0.102. The van der Waals surface area contributed by atoms with Crippen molar-refractivity contribution in [1.82, 2.24) is 0 Å². The molecule has 2 aromatic rings. The number of nitrogens with one attached hydrogen (secondary N) is 1. The third kappa shape index (κ3) is 3.11. The Hall–Kier alpha value is -1.80. The summed E-state index contributed by atoms with van der Waals surface area (Å²) in [6, 6.07) is 15.0. The van der Waals surface area contributed by atoms with E-state index in [1.165, 1.54) is 0 Å². The Balaban J connectivity index is 2.11. The number of benzene rings is 2. The van der Waals surface area contributed by atoms with Gasteiger partial charge < -0.3 is 5.32 Å². The lowest BCUT2D eigenvalue weighted by Gasteiger charge is -2.06. The number of halogens is 1. The maximum Gasteiger partial charge on any atom is 0.255 e. The van der Waals surface area contributed by atoms with Crippen LogP contribution in [0.1, 0.15) is 21.5 Å². The van der Waals surface area contributed by atoms with Gasteiger partial charge in [0.2, 0.25) is 0 Å². The third-order valence-corrected chi connectivity index (χ3v) is 2.95. The molecular formula is C15H14ClNO. The Bertz CT molecular complexity index is 549. The SMILES string of the molecule is Cc1cccc(C(=O)Nc2ccc(CCl)cc2)c1. The Morgan fingerprint density at radius 1 is 1.17 bits per heavy atom. The summed E-state index contributed by atoms with van der Waals surface area (Å²) in [5.41, 5.74) is 3.54. The molecule has 0 spiro atoms. The molecule has 2 rings (SSSR count). The Morgan fingerprint density at radius 2 is 1.89 bits per heavy atom. The standard InChI is InChI=1S/C15H14ClNO/c1-11-3-2-4-13(9-11)15(18)17-14-7-5-12(10-16)6-8-14/h2-9H,10H2,1H3,(H,17,18). The third-order valence-electron chi connectivity index (χ3n) is 2.65. The molecule has 0 radical (unpaired) electrons. The normalized spacial score (nSPS) is 10.1. The molecule has 18 heavy (non-hydrogen) atoms. The number of alkyl halides is 1. The molecule has 1 N–H and O–H groups in total. The molecule has 0 fully saturated rings. The number of hydrogen-bond acceptors (Lipinski definition) is 1. The maximum atomic E-state index is 12.0. The van der Waals surface area contributed by atoms with Gasteiger partial charge in [0.1, 0.15) is 0 Å². The molecule has 0 aliphatic carbocycles. The smallest absolute Gasteiger partial charge is 0.255 e. The highest BCUT2D eigenvalue weighted by atomic mass is 35.5. The van der Waals surface area contributed by atoms with Gasteiger partial charge in [-0.15, -0.1) is 11.6 Å². The van der Waals surface area contributed by atoms with Gasteiger partial charge in [0.25, 0.3) is 5.91 Å². The second-order valence-electron chi connectivity index (χ2n) is 4.15. The summed E-state index contributed by atoms with van der Waals surface area (Å²) in [6.45, 7) is 1.96. The fourth-order valence-electron chi connectivity index (χ4n) is 1.67. The predicted molar refractivity (Wildman–Crippen MR) is 75.1 cm³/mol. The molecule has 0 aromatic heterocycles. The van der Waals surface area contributed by atoms with Crippen molar-refractivity contribution >= 4 is 23.2 Å². The molecule has 3 heteroatoms. The first-order valence-electron chi connectivity index (χ1n) is 5.72. The minimum absolute atomic E-state index is 0.0997. The first-order chi connectivity index (χ1) is 8.69. The number of rotatable bonds is 3. The van der Waals surface area contributed by atoms with Crippen molar-refractivity contribution in [3.05, 3.63) is 65.2 Å². The zero-order valence-electron chi connectivity index (χ0n) is 10.1. The quantitative estimate of drug-likeness (QED) is 0.830. The van der Waals surface area contributed by atoms with Gasteiger partial charge in [-0.3, -0.25) is 4.79 Å². The number of aryl methyl sites for hydroxylation is 1. The van der Waals surface area contributed by atoms with E-state index < -0.39 is 0 Å². The molecule has 0 aliphatic rings. The summed E-state index contributed by atoms with van der Waals surface area (Å²) in [5.74, 6) is 0.379. The summed E-state index contributed by atoms with van der Waals surface area (Å²) in [5, 5.41) is 2.85. The van der Waals surface area contributed by atoms with E-state index >= 15 is 0 Å². The summed E-state index contributed by atoms with van der Waals surface area (Å²) in [4.78, 5) is 12.0. The molecular weight excluding hydrogens is 246 g/mol. The summed E-state index contributed by atoms with van der Waals surface area (Å²) in [6.07, 6.45) is 0. The predicted octanol–water partition coefficient (Wildman–Crippen LogP) is 3.99. The van der Waals surface area contributed by atoms with Crippen LogP contribution in [0.5, 0.6) is 0 Å². The van der Waals surface area contributed by atoms with Crippen molar-refractivity contribution in [2.45, 2.75) is 12.8 Å². The number of hydrogen-bond donors (Lipinski definition) is 1. The van der Waals surface area contributed by atoms with Crippen LogP contribution in [0.2, 0.25) is 0 Å². The van der Waals surface area contributed by atoms with Gasteiger partial charge >= 0.3 is 0 Å². The highest BCUT2D eigenvalue weighted by molar-refractivity contribution is 6.17. The fourth-order valence-corrected chi connectivity index (χ4v) is 1.84. The number of carbonyl (C=O) groups is 1. The Kier molecular flexibility index (Phi) is 4.00. The van der Waals surface area contributed by atoms with Gasteiger partial charge in [-0.25, -0.2) is 0 Å². The Labute approximate surface area is 112 Å². The molecule has 0 bridgehead atoms. The van der Waals surface area contributed by atoms with Crippen molar-refractivity contribution in [2.75, 3.05) is 5.32 Å². The van der Waals surface area contributed by atoms with Crippen LogP contribution in [-0.4, -0.2) is 5.91 Å². The zero-order valence-corrected chi connectivity index (χ0v) is 10.9. The molecule has 0 atom stereocenters. The van der Waals surface area contributed by atoms with Gasteiger partial charge in [-0.1, -0.05) is 29.8 Å². The monoisotopic (exact) mass is 259 g/mol. The van der Waals surface area contributed by atoms with E-state index in [9.17, 15) is 4.79 Å². The van der Waals surface area contributed by atoms with Gasteiger partial charge in [-0.2, -0.15) is 0 Å². The summed E-state index contributed by atoms with van der Waals surface area (Å²) < 4.78 is 0. The van der Waals surface area contributed by atoms with E-state index in [-0.39, 0.29) is 5.91 Å². The van der Waals surface area contributed by atoms with E-state index in [4.69, 9.17) is 11.6 Å². The van der Waals surface area contributed by atoms with E-state index in [0.717, 1.165) is 16.8 Å². The van der Waals surface area contributed by atoms with Gasteiger partial charge in [0.05, 0.1) is 0 Å². The number of amides is 1. The molecule has 0 saturated carbocycles. The van der Waals surface area contributed by atoms with Crippen molar-refractivity contribution in [2.24, 2.45) is 0 Å². The van der Waals surface area contributed by atoms with Crippen molar-refractivity contribution in [1.29, 1.82) is 0 Å². The first-order valence-corrected chi connectivity index (χ1v) is 6.25. The minimum atomic E-state index is -0.0997. The zero-order chi connectivity index (χ0) is 13.0. The van der Waals surface area contributed by atoms with E-state index in [0.29, 0.717) is 11.4 Å². The van der Waals surface area contributed by atoms with Crippen LogP contribution in [0.3, 0.4) is 0 Å². The molecule has 0 unspecified atom stereocenters. The summed E-state index contributed by atoms with van der Waals surface area (Å²) in [7, 11) is 0. The molecule has 92 valence electrons. The van der Waals surface area contributed by atoms with E-state index in [1.54, 1.807) is 6.07 Å². The highest BCUT2D eigenvalue weighted by Gasteiger charge is 2.05. The molecule has 1 amide bonds. The largest absolute Gasteiger partial charge is 0.322 e. The van der Waals surface area contributed by atoms with Crippen LogP contribution in [0.4, 0.5) is 5.69 Å². The van der Waals surface area contributed by atoms with E-state index in [1.807, 2.05) is 49.4 Å². The second-order valence-corrected chi connectivity index (χ2v) is 4.42. The van der Waals surface area contributed by atoms with Gasteiger partial charge in [-0.05, 0) is 36.8 Å². The van der Waals surface area contributed by atoms with Gasteiger partial charge in [0.15, 0.2) is 0 Å². The minimum Gasteiger partial charge on any atom is -0.322 e. The van der Waals surface area contributed by atoms with Crippen LogP contribution >= 0.6 is 11.6 Å². The second kappa shape index (κ2) is 5.69. The summed E-state index contributed by atoms with van der Waals surface area (Å²) >= 11 is 5.71.